The van der Waals surface area contributed by atoms with Crippen molar-refractivity contribution in [2.45, 2.75) is 39.5 Å². The Morgan fingerprint density at radius 3 is 2.45 bits per heavy atom. The Bertz CT molecular complexity index is 436. The van der Waals surface area contributed by atoms with Crippen LogP contribution in [0.25, 0.3) is 0 Å². The lowest BCUT2D eigenvalue weighted by Crippen LogP contribution is -2.36. The van der Waals surface area contributed by atoms with Crippen LogP contribution >= 0.6 is 23.2 Å². The van der Waals surface area contributed by atoms with Gasteiger partial charge in [0.05, 0.1) is 0 Å². The summed E-state index contributed by atoms with van der Waals surface area (Å²) in [5, 5.41) is 4.96. The van der Waals surface area contributed by atoms with Gasteiger partial charge in [-0.05, 0) is 74.2 Å². The quantitative estimate of drug-likeness (QED) is 0.805. The molecule has 0 heterocycles. The van der Waals surface area contributed by atoms with E-state index >= 15 is 0 Å². The molecule has 2 rings (SSSR count). The lowest BCUT2D eigenvalue weighted by molar-refractivity contribution is 0.117. The number of benzene rings is 1. The Hall–Kier alpha value is -0.240. The minimum Gasteiger partial charge on any atom is -0.319 e. The number of hydrogen-bond donors (Lipinski definition) is 1. The van der Waals surface area contributed by atoms with Gasteiger partial charge in [-0.15, -0.1) is 0 Å². The first-order valence-electron chi connectivity index (χ1n) is 7.50. The van der Waals surface area contributed by atoms with Crippen molar-refractivity contribution in [2.24, 2.45) is 17.3 Å². The summed E-state index contributed by atoms with van der Waals surface area (Å²) in [6, 6.07) is 5.82. The second kappa shape index (κ2) is 6.68. The fourth-order valence-corrected chi connectivity index (χ4v) is 4.10. The van der Waals surface area contributed by atoms with Crippen molar-refractivity contribution in [1.29, 1.82) is 0 Å². The molecule has 0 spiro atoms. The molecule has 1 saturated carbocycles. The lowest BCUT2D eigenvalue weighted by Gasteiger charge is -2.41. The smallest absolute Gasteiger partial charge is 0.0452 e. The zero-order chi connectivity index (χ0) is 14.8. The van der Waals surface area contributed by atoms with Gasteiger partial charge in [-0.25, -0.2) is 0 Å². The van der Waals surface area contributed by atoms with Crippen molar-refractivity contribution in [1.82, 2.24) is 5.32 Å². The minimum atomic E-state index is 0.433. The molecule has 1 aliphatic rings. The molecule has 1 aliphatic carbocycles. The highest BCUT2D eigenvalue weighted by Crippen LogP contribution is 2.44. The van der Waals surface area contributed by atoms with Gasteiger partial charge in [0.2, 0.25) is 0 Å². The Balaban J connectivity index is 2.18. The third-order valence-corrected chi connectivity index (χ3v) is 5.38. The van der Waals surface area contributed by atoms with Gasteiger partial charge in [-0.2, -0.15) is 0 Å². The summed E-state index contributed by atoms with van der Waals surface area (Å²) < 4.78 is 0. The second-order valence-corrected chi connectivity index (χ2v) is 7.70. The van der Waals surface area contributed by atoms with E-state index < -0.39 is 0 Å². The van der Waals surface area contributed by atoms with Crippen LogP contribution < -0.4 is 5.32 Å². The Morgan fingerprint density at radius 1 is 1.20 bits per heavy atom. The summed E-state index contributed by atoms with van der Waals surface area (Å²) in [5.74, 6) is 1.38. The Labute approximate surface area is 133 Å². The van der Waals surface area contributed by atoms with Crippen molar-refractivity contribution in [3.8, 4) is 0 Å². The lowest BCUT2D eigenvalue weighted by atomic mass is 9.65. The zero-order valence-corrected chi connectivity index (χ0v) is 14.2. The van der Waals surface area contributed by atoms with Crippen LogP contribution in [0, 0.1) is 17.3 Å². The molecule has 1 aromatic rings. The van der Waals surface area contributed by atoms with E-state index in [0.29, 0.717) is 11.3 Å². The summed E-state index contributed by atoms with van der Waals surface area (Å²) >= 11 is 12.7. The van der Waals surface area contributed by atoms with Gasteiger partial charge in [-0.1, -0.05) is 43.1 Å². The predicted octanol–water partition coefficient (Wildman–Crippen LogP) is 5.20. The molecule has 2 atom stereocenters. The first-order valence-corrected chi connectivity index (χ1v) is 8.26. The Morgan fingerprint density at radius 2 is 1.85 bits per heavy atom. The molecule has 1 N–H and O–H groups in total. The highest BCUT2D eigenvalue weighted by molar-refractivity contribution is 6.35. The number of halogens is 2. The largest absolute Gasteiger partial charge is 0.319 e. The van der Waals surface area contributed by atoms with Gasteiger partial charge < -0.3 is 5.32 Å². The topological polar surface area (TPSA) is 12.0 Å². The van der Waals surface area contributed by atoms with Crippen LogP contribution in [0.15, 0.2) is 18.2 Å². The normalized spacial score (nSPS) is 25.6. The molecule has 0 bridgehead atoms. The molecule has 0 saturated heterocycles. The summed E-state index contributed by atoms with van der Waals surface area (Å²) in [4.78, 5) is 0. The van der Waals surface area contributed by atoms with E-state index in [2.05, 4.69) is 19.2 Å². The summed E-state index contributed by atoms with van der Waals surface area (Å²) in [7, 11) is 2.04. The van der Waals surface area contributed by atoms with Crippen molar-refractivity contribution < 1.29 is 0 Å². The molecule has 3 heteroatoms. The van der Waals surface area contributed by atoms with Crippen LogP contribution in [-0.2, 0) is 6.42 Å². The molecular weight excluding hydrogens is 289 g/mol. The van der Waals surface area contributed by atoms with Gasteiger partial charge in [0.15, 0.2) is 0 Å². The fourth-order valence-electron chi connectivity index (χ4n) is 3.55. The maximum Gasteiger partial charge on any atom is 0.0452 e. The first kappa shape index (κ1) is 16.1. The highest BCUT2D eigenvalue weighted by atomic mass is 35.5. The molecule has 1 fully saturated rings. The van der Waals surface area contributed by atoms with Gasteiger partial charge >= 0.3 is 0 Å². The molecule has 0 aliphatic heterocycles. The molecular formula is C17H25Cl2N. The average Bonchev–Trinajstić information content (AvgIpc) is 2.37. The van der Waals surface area contributed by atoms with E-state index in [4.69, 9.17) is 23.2 Å². The molecule has 0 amide bonds. The maximum atomic E-state index is 6.34. The standard InChI is InChI=1S/C17H25Cl2N/c1-17(2)8-7-12(11-20-3)13(10-17)9-14-15(18)5-4-6-16(14)19/h4-6,12-13,20H,7-11H2,1-3H3. The molecule has 2 unspecified atom stereocenters. The van der Waals surface area contributed by atoms with Crippen LogP contribution in [-0.4, -0.2) is 13.6 Å². The summed E-state index contributed by atoms with van der Waals surface area (Å²) in [6.45, 7) is 5.84. The first-order chi connectivity index (χ1) is 9.43. The number of rotatable bonds is 4. The third kappa shape index (κ3) is 3.90. The SMILES string of the molecule is CNCC1CCC(C)(C)CC1Cc1c(Cl)cccc1Cl. The number of hydrogen-bond acceptors (Lipinski definition) is 1. The van der Waals surface area contributed by atoms with E-state index in [0.717, 1.165) is 34.5 Å². The number of nitrogens with one attached hydrogen (secondary N) is 1. The third-order valence-electron chi connectivity index (χ3n) is 4.67. The molecule has 0 aromatic heterocycles. The monoisotopic (exact) mass is 313 g/mol. The van der Waals surface area contributed by atoms with Crippen molar-refractivity contribution in [3.05, 3.63) is 33.8 Å². The van der Waals surface area contributed by atoms with Gasteiger partial charge in [0.25, 0.3) is 0 Å². The van der Waals surface area contributed by atoms with Crippen LogP contribution in [0.4, 0.5) is 0 Å². The molecule has 1 aromatic carbocycles. The van der Waals surface area contributed by atoms with E-state index in [1.54, 1.807) is 0 Å². The van der Waals surface area contributed by atoms with Gasteiger partial charge in [-0.3, -0.25) is 0 Å². The van der Waals surface area contributed by atoms with Crippen LogP contribution in [0.3, 0.4) is 0 Å². The minimum absolute atomic E-state index is 0.433. The highest BCUT2D eigenvalue weighted by Gasteiger charge is 2.34. The Kier molecular flexibility index (Phi) is 5.39. The molecule has 1 nitrogen and oxygen atoms in total. The summed E-state index contributed by atoms with van der Waals surface area (Å²) in [5.41, 5.74) is 1.56. The van der Waals surface area contributed by atoms with Crippen LogP contribution in [0.5, 0.6) is 0 Å². The van der Waals surface area contributed by atoms with Crippen molar-refractivity contribution >= 4 is 23.2 Å². The predicted molar refractivity (Wildman–Crippen MR) is 88.7 cm³/mol. The van der Waals surface area contributed by atoms with E-state index in [9.17, 15) is 0 Å². The molecule has 112 valence electrons. The van der Waals surface area contributed by atoms with Crippen LogP contribution in [0.1, 0.15) is 38.7 Å². The van der Waals surface area contributed by atoms with E-state index in [1.807, 2.05) is 25.2 Å². The molecule has 20 heavy (non-hydrogen) atoms. The molecule has 0 radical (unpaired) electrons. The summed E-state index contributed by atoms with van der Waals surface area (Å²) in [6.07, 6.45) is 4.85. The zero-order valence-electron chi connectivity index (χ0n) is 12.7. The van der Waals surface area contributed by atoms with Crippen molar-refractivity contribution in [3.63, 3.8) is 0 Å². The fraction of sp³-hybridized carbons (Fsp3) is 0.647. The van der Waals surface area contributed by atoms with Crippen molar-refractivity contribution in [2.75, 3.05) is 13.6 Å². The maximum absolute atomic E-state index is 6.34. The van der Waals surface area contributed by atoms with Gasteiger partial charge in [0.1, 0.15) is 0 Å². The second-order valence-electron chi connectivity index (χ2n) is 6.89. The van der Waals surface area contributed by atoms with E-state index in [-0.39, 0.29) is 0 Å². The van der Waals surface area contributed by atoms with E-state index in [1.165, 1.54) is 19.3 Å². The van der Waals surface area contributed by atoms with Crippen LogP contribution in [0.2, 0.25) is 10.0 Å². The average molecular weight is 314 g/mol. The van der Waals surface area contributed by atoms with Gasteiger partial charge in [0, 0.05) is 10.0 Å².